The van der Waals surface area contributed by atoms with E-state index in [4.69, 9.17) is 37.0 Å². The average molecular weight is 1370 g/mol. The molecule has 0 aromatic rings. The van der Waals surface area contributed by atoms with Crippen LogP contribution in [0.25, 0.3) is 0 Å². The molecule has 0 radical (unpaired) electrons. The third-order valence-corrected chi connectivity index (χ3v) is 19.8. The molecule has 0 rings (SSSR count). The van der Waals surface area contributed by atoms with Crippen LogP contribution in [-0.4, -0.2) is 96.7 Å². The van der Waals surface area contributed by atoms with Crippen LogP contribution in [0.5, 0.6) is 0 Å². The fraction of sp³-hybridized carbons (Fsp3) is 0.946. The summed E-state index contributed by atoms with van der Waals surface area (Å²) < 4.78 is 68.4. The van der Waals surface area contributed by atoms with Gasteiger partial charge in [-0.3, -0.25) is 37.3 Å². The van der Waals surface area contributed by atoms with Crippen LogP contribution in [0, 0.1) is 17.8 Å². The molecule has 4 unspecified atom stereocenters. The molecule has 0 aromatic heterocycles. The van der Waals surface area contributed by atoms with E-state index in [-0.39, 0.29) is 25.7 Å². The Morgan fingerprint density at radius 2 is 0.548 bits per heavy atom. The minimum atomic E-state index is -4.96. The van der Waals surface area contributed by atoms with Gasteiger partial charge in [-0.15, -0.1) is 0 Å². The molecule has 0 aliphatic rings. The van der Waals surface area contributed by atoms with Gasteiger partial charge in [-0.1, -0.05) is 325 Å². The van der Waals surface area contributed by atoms with Gasteiger partial charge in [0.05, 0.1) is 26.4 Å². The highest BCUT2D eigenvalue weighted by atomic mass is 31.2. The van der Waals surface area contributed by atoms with Crippen molar-refractivity contribution in [3.8, 4) is 0 Å². The summed E-state index contributed by atoms with van der Waals surface area (Å²) in [6.45, 7) is 11.8. The van der Waals surface area contributed by atoms with E-state index in [1.54, 1.807) is 0 Å². The summed E-state index contributed by atoms with van der Waals surface area (Å²) in [5.41, 5.74) is 0. The summed E-state index contributed by atoms with van der Waals surface area (Å²) in [6, 6.07) is 0. The predicted octanol–water partition coefficient (Wildman–Crippen LogP) is 21.4. The topological polar surface area (TPSA) is 237 Å². The molecule has 19 heteroatoms. The van der Waals surface area contributed by atoms with Crippen LogP contribution in [0.4, 0.5) is 0 Å². The van der Waals surface area contributed by atoms with Gasteiger partial charge in [0.25, 0.3) is 0 Å². The van der Waals surface area contributed by atoms with Crippen LogP contribution in [-0.2, 0) is 65.4 Å². The Bertz CT molecular complexity index is 1820. The van der Waals surface area contributed by atoms with Gasteiger partial charge < -0.3 is 33.8 Å². The van der Waals surface area contributed by atoms with Crippen LogP contribution < -0.4 is 0 Å². The van der Waals surface area contributed by atoms with Crippen LogP contribution in [0.1, 0.15) is 376 Å². The standard InChI is InChI=1S/C74H144O17P2/c1-8-11-12-13-14-15-16-17-18-19-20-21-22-23-24-25-26-29-33-43-50-57-73(78)90-69(61-84-71(76)55-48-41-32-30-27-28-31-38-45-52-65(4)5)63-88-92(80,81)86-59-68(75)60-87-93(82,83)89-64-70(91-74(79)58-51-44-37-35-40-47-54-67(7)10-3)62-85-72(77)56-49-42-36-34-39-46-53-66(6)9-2/h65-70,75H,8-64H2,1-7H3,(H,80,81)(H,82,83)/t66?,67?,68-,69-,70-/m1/s1. The molecule has 3 N–H and O–H groups in total. The third-order valence-electron chi connectivity index (χ3n) is 17.9. The second-order valence-corrected chi connectivity index (χ2v) is 30.6. The molecule has 0 spiro atoms. The van der Waals surface area contributed by atoms with Crippen molar-refractivity contribution in [2.45, 2.75) is 394 Å². The third kappa shape index (κ3) is 65.8. The summed E-state index contributed by atoms with van der Waals surface area (Å²) in [5.74, 6) is 0.0674. The lowest BCUT2D eigenvalue weighted by atomic mass is 10.00. The zero-order valence-corrected chi connectivity index (χ0v) is 62.5. The number of esters is 4. The van der Waals surface area contributed by atoms with Crippen LogP contribution in [0.2, 0.25) is 0 Å². The Balaban J connectivity index is 5.19. The minimum absolute atomic E-state index is 0.102. The van der Waals surface area contributed by atoms with E-state index >= 15 is 0 Å². The minimum Gasteiger partial charge on any atom is -0.462 e. The number of carbonyl (C=O) groups is 4. The Kier molecular flexibility index (Phi) is 63.4. The highest BCUT2D eigenvalue weighted by Crippen LogP contribution is 2.45. The SMILES string of the molecule is CCCCCCCCCCCCCCCCCCCCCCCC(=O)O[C@H](COC(=O)CCCCCCCCCCCC(C)C)COP(=O)(O)OC[C@@H](O)COP(=O)(O)OC[C@@H](COC(=O)CCCCCCCCC(C)CC)OC(=O)CCCCCCCCC(C)CC. The number of ether oxygens (including phenoxy) is 4. The summed E-state index contributed by atoms with van der Waals surface area (Å²) in [5, 5.41) is 10.6. The number of hydrogen-bond acceptors (Lipinski definition) is 15. The summed E-state index contributed by atoms with van der Waals surface area (Å²) in [6.07, 6.45) is 50.3. The molecule has 552 valence electrons. The van der Waals surface area contributed by atoms with Gasteiger partial charge in [-0.05, 0) is 43.4 Å². The Morgan fingerprint density at radius 3 is 0.817 bits per heavy atom. The molecular weight excluding hydrogens is 1220 g/mol. The Labute approximate surface area is 568 Å². The fourth-order valence-corrected chi connectivity index (χ4v) is 12.8. The molecule has 7 atom stereocenters. The van der Waals surface area contributed by atoms with Crippen molar-refractivity contribution >= 4 is 39.5 Å². The van der Waals surface area contributed by atoms with E-state index < -0.39 is 97.5 Å². The molecule has 0 saturated carbocycles. The normalized spacial score (nSPS) is 14.7. The van der Waals surface area contributed by atoms with Crippen molar-refractivity contribution in [1.29, 1.82) is 0 Å². The highest BCUT2D eigenvalue weighted by Gasteiger charge is 2.30. The number of aliphatic hydroxyl groups excluding tert-OH is 1. The Morgan fingerprint density at radius 1 is 0.312 bits per heavy atom. The van der Waals surface area contributed by atoms with Crippen molar-refractivity contribution < 1.29 is 80.2 Å². The number of unbranched alkanes of at least 4 members (excludes halogenated alkanes) is 38. The van der Waals surface area contributed by atoms with E-state index in [1.165, 1.54) is 180 Å². The van der Waals surface area contributed by atoms with Gasteiger partial charge in [0, 0.05) is 25.7 Å². The van der Waals surface area contributed by atoms with Crippen molar-refractivity contribution in [1.82, 2.24) is 0 Å². The fourth-order valence-electron chi connectivity index (χ4n) is 11.2. The molecule has 0 aliphatic carbocycles. The van der Waals surface area contributed by atoms with Crippen molar-refractivity contribution in [3.63, 3.8) is 0 Å². The molecule has 0 heterocycles. The number of carbonyl (C=O) groups excluding carboxylic acids is 4. The predicted molar refractivity (Wildman–Crippen MR) is 377 cm³/mol. The number of phosphoric acid groups is 2. The van der Waals surface area contributed by atoms with E-state index in [0.717, 1.165) is 114 Å². The molecular formula is C74H144O17P2. The largest absolute Gasteiger partial charge is 0.472 e. The first-order valence-corrected chi connectivity index (χ1v) is 41.4. The summed E-state index contributed by atoms with van der Waals surface area (Å²) in [7, 11) is -9.91. The van der Waals surface area contributed by atoms with Crippen LogP contribution in [0.15, 0.2) is 0 Å². The van der Waals surface area contributed by atoms with Gasteiger partial charge in [-0.2, -0.15) is 0 Å². The maximum atomic E-state index is 13.1. The van der Waals surface area contributed by atoms with Gasteiger partial charge in [0.15, 0.2) is 12.2 Å². The summed E-state index contributed by atoms with van der Waals surface area (Å²) >= 11 is 0. The van der Waals surface area contributed by atoms with E-state index in [9.17, 15) is 43.2 Å². The first-order chi connectivity index (χ1) is 44.8. The Hall–Kier alpha value is -1.94. The summed E-state index contributed by atoms with van der Waals surface area (Å²) in [4.78, 5) is 72.6. The second-order valence-electron chi connectivity index (χ2n) is 27.6. The van der Waals surface area contributed by atoms with Crippen molar-refractivity contribution in [2.24, 2.45) is 17.8 Å². The van der Waals surface area contributed by atoms with Gasteiger partial charge in [0.2, 0.25) is 0 Å². The monoisotopic (exact) mass is 1370 g/mol. The van der Waals surface area contributed by atoms with E-state index in [1.807, 2.05) is 0 Å². The van der Waals surface area contributed by atoms with Crippen LogP contribution in [0.3, 0.4) is 0 Å². The first kappa shape index (κ1) is 91.1. The van der Waals surface area contributed by atoms with Crippen molar-refractivity contribution in [2.75, 3.05) is 39.6 Å². The smallest absolute Gasteiger partial charge is 0.462 e. The molecule has 0 amide bonds. The van der Waals surface area contributed by atoms with E-state index in [0.29, 0.717) is 25.7 Å². The zero-order chi connectivity index (χ0) is 68.7. The lowest BCUT2D eigenvalue weighted by Crippen LogP contribution is -2.30. The zero-order valence-electron chi connectivity index (χ0n) is 60.7. The molecule has 0 saturated heterocycles. The van der Waals surface area contributed by atoms with Gasteiger partial charge in [-0.25, -0.2) is 9.13 Å². The number of rotatable bonds is 72. The van der Waals surface area contributed by atoms with Crippen LogP contribution >= 0.6 is 15.6 Å². The highest BCUT2D eigenvalue weighted by molar-refractivity contribution is 7.47. The second kappa shape index (κ2) is 64.7. The maximum absolute atomic E-state index is 13.1. The molecule has 0 bridgehead atoms. The lowest BCUT2D eigenvalue weighted by Gasteiger charge is -2.21. The number of phosphoric ester groups is 2. The maximum Gasteiger partial charge on any atom is 0.472 e. The van der Waals surface area contributed by atoms with Gasteiger partial charge >= 0.3 is 39.5 Å². The lowest BCUT2D eigenvalue weighted by molar-refractivity contribution is -0.161. The number of aliphatic hydroxyl groups is 1. The molecule has 93 heavy (non-hydrogen) atoms. The van der Waals surface area contributed by atoms with Crippen molar-refractivity contribution in [3.05, 3.63) is 0 Å². The first-order valence-electron chi connectivity index (χ1n) is 38.4. The molecule has 17 nitrogen and oxygen atoms in total. The van der Waals surface area contributed by atoms with E-state index in [2.05, 4.69) is 48.5 Å². The number of hydrogen-bond donors (Lipinski definition) is 3. The quantitative estimate of drug-likeness (QED) is 0.0222. The molecule has 0 aromatic carbocycles. The molecule has 0 fully saturated rings. The van der Waals surface area contributed by atoms with Gasteiger partial charge in [0.1, 0.15) is 19.3 Å². The molecule has 0 aliphatic heterocycles. The average Bonchev–Trinajstić information content (AvgIpc) is 1.70.